The fourth-order valence-corrected chi connectivity index (χ4v) is 3.48. The van der Waals surface area contributed by atoms with E-state index in [1.165, 1.54) is 12.8 Å². The predicted octanol–water partition coefficient (Wildman–Crippen LogP) is 4.62. The Morgan fingerprint density at radius 2 is 1.88 bits per heavy atom. The zero-order chi connectivity index (χ0) is 18.3. The average molecular weight is 350 g/mol. The summed E-state index contributed by atoms with van der Waals surface area (Å²) in [4.78, 5) is 17.6. The zero-order valence-corrected chi connectivity index (χ0v) is 15.7. The smallest absolute Gasteiger partial charge is 0.262 e. The Kier molecular flexibility index (Phi) is 4.35. The molecule has 0 spiro atoms. The van der Waals surface area contributed by atoms with Crippen LogP contribution in [-0.2, 0) is 0 Å². The van der Waals surface area contributed by atoms with Crippen molar-refractivity contribution >= 4 is 17.3 Å². The zero-order valence-electron chi connectivity index (χ0n) is 15.7. The lowest BCUT2D eigenvalue weighted by molar-refractivity contribution is 0.0981. The van der Waals surface area contributed by atoms with Crippen LogP contribution >= 0.6 is 0 Å². The van der Waals surface area contributed by atoms with Crippen molar-refractivity contribution in [2.24, 2.45) is 5.92 Å². The first-order valence-electron chi connectivity index (χ1n) is 9.45. The Labute approximate surface area is 155 Å². The van der Waals surface area contributed by atoms with Gasteiger partial charge < -0.3 is 9.64 Å². The summed E-state index contributed by atoms with van der Waals surface area (Å²) in [5.74, 6) is 1.28. The van der Waals surface area contributed by atoms with Gasteiger partial charge in [-0.2, -0.15) is 0 Å². The van der Waals surface area contributed by atoms with E-state index >= 15 is 0 Å². The number of ether oxygens (including phenoxy) is 1. The molecule has 1 amide bonds. The second-order valence-corrected chi connectivity index (χ2v) is 7.75. The third-order valence-electron chi connectivity index (χ3n) is 5.02. The lowest BCUT2D eigenvalue weighted by Gasteiger charge is -2.39. The molecule has 0 saturated heterocycles. The summed E-state index contributed by atoms with van der Waals surface area (Å²) in [5.41, 5.74) is 3.89. The number of hydrogen-bond acceptors (Lipinski definition) is 3. The Hall–Kier alpha value is -2.49. The van der Waals surface area contributed by atoms with Gasteiger partial charge >= 0.3 is 0 Å². The number of carbonyl (C=O) groups excluding carboxylic acids is 1. The van der Waals surface area contributed by atoms with E-state index in [1.54, 1.807) is 0 Å². The van der Waals surface area contributed by atoms with Gasteiger partial charge in [0, 0.05) is 11.7 Å². The number of rotatable bonds is 5. The summed E-state index contributed by atoms with van der Waals surface area (Å²) in [6.45, 7) is 7.58. The lowest BCUT2D eigenvalue weighted by Crippen LogP contribution is -2.48. The van der Waals surface area contributed by atoms with E-state index in [4.69, 9.17) is 4.74 Å². The number of carbonyl (C=O) groups is 1. The topological polar surface area (TPSA) is 32.8 Å². The first-order valence-corrected chi connectivity index (χ1v) is 9.45. The van der Waals surface area contributed by atoms with Gasteiger partial charge in [-0.25, -0.2) is 0 Å². The highest BCUT2D eigenvalue weighted by Gasteiger charge is 2.38. The number of para-hydroxylation sites is 1. The summed E-state index contributed by atoms with van der Waals surface area (Å²) in [6.07, 6.45) is 2.39. The van der Waals surface area contributed by atoms with Crippen molar-refractivity contribution < 1.29 is 9.53 Å². The second kappa shape index (κ2) is 6.67. The fourth-order valence-electron chi connectivity index (χ4n) is 3.48. The molecular weight excluding hydrogens is 324 g/mol. The van der Waals surface area contributed by atoms with Crippen molar-refractivity contribution in [3.63, 3.8) is 0 Å². The Bertz CT molecular complexity index is 827. The minimum absolute atomic E-state index is 0.0567. The number of amides is 1. The van der Waals surface area contributed by atoms with Gasteiger partial charge in [0.15, 0.2) is 0 Å². The van der Waals surface area contributed by atoms with Crippen LogP contribution in [0.1, 0.15) is 42.6 Å². The lowest BCUT2D eigenvalue weighted by atomic mass is 10.1. The number of benzene rings is 2. The van der Waals surface area contributed by atoms with E-state index in [9.17, 15) is 4.79 Å². The van der Waals surface area contributed by atoms with Crippen LogP contribution in [0, 0.1) is 12.8 Å². The molecule has 4 heteroatoms. The molecule has 136 valence electrons. The molecule has 4 rings (SSSR count). The molecular formula is C22H26N2O2. The van der Waals surface area contributed by atoms with Crippen molar-refractivity contribution in [1.29, 1.82) is 0 Å². The van der Waals surface area contributed by atoms with E-state index in [0.29, 0.717) is 25.2 Å². The average Bonchev–Trinajstić information content (AvgIpc) is 3.46. The van der Waals surface area contributed by atoms with Crippen molar-refractivity contribution in [3.8, 4) is 5.75 Å². The normalized spacial score (nSPS) is 16.8. The number of aryl methyl sites for hydroxylation is 1. The number of anilines is 2. The second-order valence-electron chi connectivity index (χ2n) is 7.75. The number of hydrogen-bond donors (Lipinski definition) is 0. The Morgan fingerprint density at radius 3 is 2.58 bits per heavy atom. The van der Waals surface area contributed by atoms with E-state index in [0.717, 1.165) is 28.3 Å². The molecule has 4 nitrogen and oxygen atoms in total. The highest BCUT2D eigenvalue weighted by atomic mass is 16.5. The molecule has 2 aliphatic rings. The summed E-state index contributed by atoms with van der Waals surface area (Å²) in [6, 6.07) is 14.6. The molecule has 2 aromatic rings. The van der Waals surface area contributed by atoms with Gasteiger partial charge in [-0.15, -0.1) is 0 Å². The molecule has 1 heterocycles. The van der Waals surface area contributed by atoms with Crippen molar-refractivity contribution in [2.45, 2.75) is 39.7 Å². The van der Waals surface area contributed by atoms with Gasteiger partial charge in [-0.3, -0.25) is 9.69 Å². The van der Waals surface area contributed by atoms with E-state index in [2.05, 4.69) is 37.8 Å². The maximum atomic E-state index is 13.3. The number of nitrogens with zero attached hydrogens (tertiary/aromatic N) is 2. The van der Waals surface area contributed by atoms with E-state index in [1.807, 2.05) is 35.2 Å². The maximum Gasteiger partial charge on any atom is 0.262 e. The van der Waals surface area contributed by atoms with E-state index < -0.39 is 0 Å². The Morgan fingerprint density at radius 1 is 1.12 bits per heavy atom. The molecule has 1 aliphatic heterocycles. The minimum atomic E-state index is 0.0567. The van der Waals surface area contributed by atoms with Gasteiger partial charge in [0.25, 0.3) is 5.91 Å². The monoisotopic (exact) mass is 350 g/mol. The summed E-state index contributed by atoms with van der Waals surface area (Å²) >= 11 is 0. The number of fused-ring (bicyclic) bond motifs is 1. The van der Waals surface area contributed by atoms with Crippen LogP contribution in [-0.4, -0.2) is 25.2 Å². The first kappa shape index (κ1) is 17.0. The van der Waals surface area contributed by atoms with Gasteiger partial charge in [0.2, 0.25) is 0 Å². The third kappa shape index (κ3) is 3.16. The van der Waals surface area contributed by atoms with Gasteiger partial charge in [-0.05, 0) is 55.5 Å². The first-order chi connectivity index (χ1) is 12.5. The van der Waals surface area contributed by atoms with Crippen LogP contribution in [0.4, 0.5) is 11.4 Å². The molecule has 1 fully saturated rings. The molecule has 1 saturated carbocycles. The molecule has 0 unspecified atom stereocenters. The van der Waals surface area contributed by atoms with Crippen LogP contribution in [0.5, 0.6) is 5.75 Å². The highest BCUT2D eigenvalue weighted by Crippen LogP contribution is 2.40. The molecule has 2 aromatic carbocycles. The van der Waals surface area contributed by atoms with Crippen LogP contribution in [0.15, 0.2) is 42.5 Å². The predicted molar refractivity (Wildman–Crippen MR) is 105 cm³/mol. The molecule has 0 atom stereocenters. The third-order valence-corrected chi connectivity index (χ3v) is 5.02. The van der Waals surface area contributed by atoms with Crippen LogP contribution in [0.3, 0.4) is 0 Å². The van der Waals surface area contributed by atoms with Gasteiger partial charge in [0.1, 0.15) is 5.75 Å². The van der Waals surface area contributed by atoms with E-state index in [-0.39, 0.29) is 5.91 Å². The molecule has 0 radical (unpaired) electrons. The molecule has 0 bridgehead atoms. The van der Waals surface area contributed by atoms with Crippen LogP contribution in [0.25, 0.3) is 0 Å². The SMILES string of the molecule is Cc1ccccc1N1CN(C2CC2)c2ccc(OCC(C)C)cc2C1=O. The minimum Gasteiger partial charge on any atom is -0.493 e. The summed E-state index contributed by atoms with van der Waals surface area (Å²) in [5, 5.41) is 0. The fraction of sp³-hybridized carbons (Fsp3) is 0.409. The largest absolute Gasteiger partial charge is 0.493 e. The van der Waals surface area contributed by atoms with Gasteiger partial charge in [0.05, 0.1) is 24.5 Å². The molecule has 0 N–H and O–H groups in total. The summed E-state index contributed by atoms with van der Waals surface area (Å²) < 4.78 is 5.87. The molecule has 26 heavy (non-hydrogen) atoms. The van der Waals surface area contributed by atoms with Gasteiger partial charge in [-0.1, -0.05) is 32.0 Å². The van der Waals surface area contributed by atoms with Crippen LogP contribution < -0.4 is 14.5 Å². The standard InChI is InChI=1S/C22H26N2O2/c1-15(2)13-26-18-10-11-21-19(12-18)22(25)24(14-23(21)17-8-9-17)20-7-5-4-6-16(20)3/h4-7,10-12,15,17H,8-9,13-14H2,1-3H3. The van der Waals surface area contributed by atoms with Crippen molar-refractivity contribution in [3.05, 3.63) is 53.6 Å². The quantitative estimate of drug-likeness (QED) is 0.789. The highest BCUT2D eigenvalue weighted by molar-refractivity contribution is 6.12. The van der Waals surface area contributed by atoms with Crippen molar-refractivity contribution in [1.82, 2.24) is 0 Å². The van der Waals surface area contributed by atoms with Crippen LogP contribution in [0.2, 0.25) is 0 Å². The van der Waals surface area contributed by atoms with Crippen molar-refractivity contribution in [2.75, 3.05) is 23.1 Å². The molecule has 1 aliphatic carbocycles. The Balaban J connectivity index is 1.72. The summed E-state index contributed by atoms with van der Waals surface area (Å²) in [7, 11) is 0. The maximum absolute atomic E-state index is 13.3. The molecule has 0 aromatic heterocycles.